The van der Waals surface area contributed by atoms with Crippen molar-refractivity contribution < 1.29 is 14.3 Å². The van der Waals surface area contributed by atoms with Crippen molar-refractivity contribution in [2.75, 3.05) is 6.61 Å². The molecule has 1 saturated carbocycles. The van der Waals surface area contributed by atoms with Crippen LogP contribution in [0.2, 0.25) is 0 Å². The molecule has 0 radical (unpaired) electrons. The van der Waals surface area contributed by atoms with Crippen LogP contribution in [0.4, 0.5) is 0 Å². The zero-order chi connectivity index (χ0) is 14.2. The number of carbonyl (C=O) groups is 1. The van der Waals surface area contributed by atoms with E-state index >= 15 is 0 Å². The molecule has 1 fully saturated rings. The average molecular weight is 274 g/mol. The third-order valence-electron chi connectivity index (χ3n) is 4.19. The van der Waals surface area contributed by atoms with Crippen molar-refractivity contribution >= 4 is 5.78 Å². The molecule has 1 heterocycles. The molecular weight excluding hydrogens is 252 g/mol. The Kier molecular flexibility index (Phi) is 3.45. The molecule has 1 aromatic carbocycles. The lowest BCUT2D eigenvalue weighted by atomic mass is 9.93. The number of rotatable bonds is 3. The maximum absolute atomic E-state index is 12.1. The van der Waals surface area contributed by atoms with Gasteiger partial charge in [0.1, 0.15) is 17.1 Å². The number of carbonyl (C=O) groups excluding carboxylic acids is 1. The second kappa shape index (κ2) is 5.12. The highest BCUT2D eigenvalue weighted by Gasteiger charge is 2.32. The Bertz CT molecular complexity index is 513. The predicted octanol–water partition coefficient (Wildman–Crippen LogP) is 4.00. The van der Waals surface area contributed by atoms with Crippen LogP contribution in [0.1, 0.15) is 56.3 Å². The van der Waals surface area contributed by atoms with E-state index in [0.717, 1.165) is 12.4 Å². The van der Waals surface area contributed by atoms with Crippen LogP contribution >= 0.6 is 0 Å². The fraction of sp³-hybridized carbons (Fsp3) is 0.588. The van der Waals surface area contributed by atoms with Crippen molar-refractivity contribution in [1.29, 1.82) is 0 Å². The van der Waals surface area contributed by atoms with Gasteiger partial charge < -0.3 is 9.47 Å². The largest absolute Gasteiger partial charge is 0.493 e. The summed E-state index contributed by atoms with van der Waals surface area (Å²) in [7, 11) is 0. The first-order valence-corrected chi connectivity index (χ1v) is 7.53. The van der Waals surface area contributed by atoms with Gasteiger partial charge in [0.15, 0.2) is 5.78 Å². The quantitative estimate of drug-likeness (QED) is 0.835. The molecule has 0 N–H and O–H groups in total. The Hall–Kier alpha value is -1.51. The number of benzene rings is 1. The van der Waals surface area contributed by atoms with E-state index in [1.165, 1.54) is 25.7 Å². The van der Waals surface area contributed by atoms with Crippen LogP contribution in [-0.2, 0) is 0 Å². The van der Waals surface area contributed by atoms with Gasteiger partial charge in [0, 0.05) is 6.07 Å². The Morgan fingerprint density at radius 2 is 2.05 bits per heavy atom. The predicted molar refractivity (Wildman–Crippen MR) is 77.5 cm³/mol. The van der Waals surface area contributed by atoms with E-state index in [4.69, 9.17) is 9.47 Å². The Morgan fingerprint density at radius 3 is 2.80 bits per heavy atom. The zero-order valence-electron chi connectivity index (χ0n) is 12.3. The van der Waals surface area contributed by atoms with E-state index in [1.807, 2.05) is 32.0 Å². The Labute approximate surface area is 120 Å². The maximum atomic E-state index is 12.1. The Balaban J connectivity index is 1.73. The summed E-state index contributed by atoms with van der Waals surface area (Å²) in [5.41, 5.74) is 0.256. The van der Waals surface area contributed by atoms with Crippen LogP contribution in [0.15, 0.2) is 18.2 Å². The number of hydrogen-bond acceptors (Lipinski definition) is 3. The maximum Gasteiger partial charge on any atom is 0.170 e. The molecule has 3 nitrogen and oxygen atoms in total. The summed E-state index contributed by atoms with van der Waals surface area (Å²) in [4.78, 5) is 12.1. The minimum Gasteiger partial charge on any atom is -0.493 e. The summed E-state index contributed by atoms with van der Waals surface area (Å²) in [5, 5.41) is 0. The highest BCUT2D eigenvalue weighted by molar-refractivity contribution is 6.00. The van der Waals surface area contributed by atoms with Gasteiger partial charge in [0.05, 0.1) is 18.6 Å². The fourth-order valence-electron chi connectivity index (χ4n) is 3.11. The number of ketones is 1. The monoisotopic (exact) mass is 274 g/mol. The molecule has 0 bridgehead atoms. The first kappa shape index (κ1) is 13.5. The van der Waals surface area contributed by atoms with Crippen LogP contribution in [0.3, 0.4) is 0 Å². The van der Waals surface area contributed by atoms with Crippen LogP contribution < -0.4 is 9.47 Å². The third-order valence-corrected chi connectivity index (χ3v) is 4.19. The van der Waals surface area contributed by atoms with Gasteiger partial charge in [0.25, 0.3) is 0 Å². The van der Waals surface area contributed by atoms with Gasteiger partial charge in [0.2, 0.25) is 0 Å². The van der Waals surface area contributed by atoms with Crippen molar-refractivity contribution in [2.45, 2.75) is 51.6 Å². The molecule has 3 heteroatoms. The second-order valence-corrected chi connectivity index (χ2v) is 6.58. The van der Waals surface area contributed by atoms with E-state index < -0.39 is 5.60 Å². The van der Waals surface area contributed by atoms with Gasteiger partial charge in [-0.05, 0) is 44.7 Å². The summed E-state index contributed by atoms with van der Waals surface area (Å²) in [6.07, 6.45) is 5.62. The van der Waals surface area contributed by atoms with Crippen molar-refractivity contribution in [3.05, 3.63) is 23.8 Å². The van der Waals surface area contributed by atoms with E-state index in [1.54, 1.807) is 0 Å². The van der Waals surface area contributed by atoms with Crippen molar-refractivity contribution in [3.63, 3.8) is 0 Å². The average Bonchev–Trinajstić information content (AvgIpc) is 2.87. The molecular formula is C17H22O3. The van der Waals surface area contributed by atoms with Gasteiger partial charge in [-0.15, -0.1) is 0 Å². The van der Waals surface area contributed by atoms with Gasteiger partial charge in [-0.3, -0.25) is 4.79 Å². The van der Waals surface area contributed by atoms with E-state index in [2.05, 4.69) is 0 Å². The first-order chi connectivity index (χ1) is 9.53. The molecule has 0 spiro atoms. The molecule has 0 unspecified atom stereocenters. The smallest absolute Gasteiger partial charge is 0.170 e. The SMILES string of the molecule is CC1(C)CC(=O)c2ccc(OCC3CCCC3)cc2O1. The lowest BCUT2D eigenvalue weighted by Gasteiger charge is -2.31. The summed E-state index contributed by atoms with van der Waals surface area (Å²) in [6, 6.07) is 5.58. The molecule has 0 saturated heterocycles. The lowest BCUT2D eigenvalue weighted by molar-refractivity contribution is 0.0618. The summed E-state index contributed by atoms with van der Waals surface area (Å²) in [6.45, 7) is 4.66. The van der Waals surface area contributed by atoms with Gasteiger partial charge in [-0.1, -0.05) is 12.8 Å². The summed E-state index contributed by atoms with van der Waals surface area (Å²) >= 11 is 0. The van der Waals surface area contributed by atoms with Crippen molar-refractivity contribution in [3.8, 4) is 11.5 Å². The number of hydrogen-bond donors (Lipinski definition) is 0. The summed E-state index contributed by atoms with van der Waals surface area (Å²) < 4.78 is 11.8. The molecule has 1 aromatic rings. The molecule has 1 aliphatic heterocycles. The highest BCUT2D eigenvalue weighted by Crippen LogP contribution is 2.36. The van der Waals surface area contributed by atoms with Gasteiger partial charge in [-0.2, -0.15) is 0 Å². The van der Waals surface area contributed by atoms with Gasteiger partial charge in [-0.25, -0.2) is 0 Å². The zero-order valence-corrected chi connectivity index (χ0v) is 12.3. The number of ether oxygens (including phenoxy) is 2. The number of Topliss-reactive ketones (excluding diaryl/α,β-unsaturated/α-hetero) is 1. The molecule has 0 aromatic heterocycles. The summed E-state index contributed by atoms with van der Waals surface area (Å²) in [5.74, 6) is 2.31. The van der Waals surface area contributed by atoms with Crippen LogP contribution in [-0.4, -0.2) is 18.0 Å². The van der Waals surface area contributed by atoms with E-state index in [-0.39, 0.29) is 5.78 Å². The van der Waals surface area contributed by atoms with Crippen LogP contribution in [0, 0.1) is 5.92 Å². The molecule has 108 valence electrons. The standard InChI is InChI=1S/C17H22O3/c1-17(2)10-15(18)14-8-7-13(9-16(14)20-17)19-11-12-5-3-4-6-12/h7-9,12H,3-6,10-11H2,1-2H3. The molecule has 20 heavy (non-hydrogen) atoms. The minimum absolute atomic E-state index is 0.151. The third kappa shape index (κ3) is 2.82. The minimum atomic E-state index is -0.422. The molecule has 0 amide bonds. The second-order valence-electron chi connectivity index (χ2n) is 6.58. The first-order valence-electron chi connectivity index (χ1n) is 7.53. The molecule has 3 rings (SSSR count). The topological polar surface area (TPSA) is 35.5 Å². The normalized spacial score (nSPS) is 21.4. The Morgan fingerprint density at radius 1 is 1.30 bits per heavy atom. The van der Waals surface area contributed by atoms with Crippen LogP contribution in [0.25, 0.3) is 0 Å². The molecule has 1 aliphatic carbocycles. The van der Waals surface area contributed by atoms with Crippen LogP contribution in [0.5, 0.6) is 11.5 Å². The number of fused-ring (bicyclic) bond motifs is 1. The fourth-order valence-corrected chi connectivity index (χ4v) is 3.11. The van der Waals surface area contributed by atoms with E-state index in [9.17, 15) is 4.79 Å². The highest BCUT2D eigenvalue weighted by atomic mass is 16.5. The van der Waals surface area contributed by atoms with Gasteiger partial charge >= 0.3 is 0 Å². The lowest BCUT2D eigenvalue weighted by Crippen LogP contribution is -2.35. The van der Waals surface area contributed by atoms with Crippen molar-refractivity contribution in [2.24, 2.45) is 5.92 Å². The molecule has 0 atom stereocenters. The molecule has 2 aliphatic rings. The van der Waals surface area contributed by atoms with Crippen molar-refractivity contribution in [1.82, 2.24) is 0 Å². The van der Waals surface area contributed by atoms with E-state index in [0.29, 0.717) is 23.7 Å².